The number of unbranched alkanes of at least 4 members (excludes halogenated alkanes) is 3. The largest absolute Gasteiger partial charge is 0.416 e. The summed E-state index contributed by atoms with van der Waals surface area (Å²) in [7, 11) is -1.76. The summed E-state index contributed by atoms with van der Waals surface area (Å²) in [5.74, 6) is 2.28. The maximum Gasteiger partial charge on any atom is 0.200 e. The first kappa shape index (κ1) is 23.7. The highest BCUT2D eigenvalue weighted by atomic mass is 28.4. The fourth-order valence-electron chi connectivity index (χ4n) is 6.14. The quantitative estimate of drug-likeness (QED) is 0.251. The lowest BCUT2D eigenvalue weighted by Gasteiger charge is -2.49. The summed E-state index contributed by atoms with van der Waals surface area (Å²) in [6, 6.07) is 11.3. The first-order chi connectivity index (χ1) is 13.3. The first-order valence-electron chi connectivity index (χ1n) is 12.0. The van der Waals surface area contributed by atoms with E-state index in [0.717, 1.165) is 12.5 Å². The average molecular weight is 403 g/mol. The van der Waals surface area contributed by atoms with Crippen molar-refractivity contribution in [2.75, 3.05) is 6.61 Å². The molecule has 0 aliphatic heterocycles. The van der Waals surface area contributed by atoms with Crippen LogP contribution < -0.4 is 0 Å². The Hall–Kier alpha value is -0.603. The Bertz CT molecular complexity index is 529. The van der Waals surface area contributed by atoms with Gasteiger partial charge in [0.15, 0.2) is 8.32 Å². The van der Waals surface area contributed by atoms with Crippen molar-refractivity contribution in [1.29, 1.82) is 0 Å². The van der Waals surface area contributed by atoms with E-state index in [1.54, 1.807) is 5.56 Å². The molecule has 0 N–H and O–H groups in total. The maximum absolute atomic E-state index is 7.00. The third-order valence-electron chi connectivity index (χ3n) is 7.49. The van der Waals surface area contributed by atoms with Crippen LogP contribution in [-0.2, 0) is 4.43 Å². The molecule has 160 valence electrons. The first-order valence-corrected chi connectivity index (χ1v) is 14.2. The second-order valence-electron chi connectivity index (χ2n) is 10.2. The van der Waals surface area contributed by atoms with Gasteiger partial charge in [0.25, 0.3) is 0 Å². The summed E-state index contributed by atoms with van der Waals surface area (Å²) in [4.78, 5) is 0. The monoisotopic (exact) mass is 402 g/mol. The Kier molecular flexibility index (Phi) is 9.27. The summed E-state index contributed by atoms with van der Waals surface area (Å²) in [5.41, 5.74) is 3.57. The van der Waals surface area contributed by atoms with Gasteiger partial charge in [0.05, 0.1) is 0 Å². The SMILES string of the molecule is CCCCCC[C@@H]1C[C@H](CO[Si](C(C)C)(C(C)C)C(C)C)[C@H]1c1ccccc1. The van der Waals surface area contributed by atoms with Crippen LogP contribution in [0.25, 0.3) is 0 Å². The third kappa shape index (κ3) is 5.30. The molecule has 1 aromatic rings. The van der Waals surface area contributed by atoms with Crippen LogP contribution in [0.15, 0.2) is 30.3 Å². The molecular weight excluding hydrogens is 356 g/mol. The molecule has 2 heteroatoms. The van der Waals surface area contributed by atoms with Crippen LogP contribution in [-0.4, -0.2) is 14.9 Å². The molecule has 0 aromatic heterocycles. The summed E-state index contributed by atoms with van der Waals surface area (Å²) < 4.78 is 7.00. The molecule has 28 heavy (non-hydrogen) atoms. The van der Waals surface area contributed by atoms with E-state index in [0.29, 0.717) is 28.5 Å². The predicted octanol–water partition coefficient (Wildman–Crippen LogP) is 8.57. The Balaban J connectivity index is 2.07. The van der Waals surface area contributed by atoms with Crippen LogP contribution in [0, 0.1) is 11.8 Å². The van der Waals surface area contributed by atoms with Crippen LogP contribution in [0.4, 0.5) is 0 Å². The normalized spacial score (nSPS) is 22.9. The van der Waals surface area contributed by atoms with E-state index in [-0.39, 0.29) is 0 Å². The lowest BCUT2D eigenvalue weighted by atomic mass is 9.60. The van der Waals surface area contributed by atoms with E-state index in [1.165, 1.54) is 38.5 Å². The molecule has 0 heterocycles. The second-order valence-corrected chi connectivity index (χ2v) is 15.6. The van der Waals surface area contributed by atoms with Crippen LogP contribution in [0.1, 0.15) is 98.5 Å². The number of hydrogen-bond donors (Lipinski definition) is 0. The van der Waals surface area contributed by atoms with Gasteiger partial charge >= 0.3 is 0 Å². The summed E-state index contributed by atoms with van der Waals surface area (Å²) >= 11 is 0. The standard InChI is InChI=1S/C26H46OSi/c1-8-9-10-12-17-24-18-25(26(24)23-15-13-11-14-16-23)19-27-28(20(2)3,21(4)5)22(6)7/h11,13-16,20-22,24-26H,8-10,12,17-19H2,1-7H3/t24-,25-,26+/m1/s1. The Morgan fingerprint density at radius 3 is 2.00 bits per heavy atom. The average Bonchev–Trinajstić information content (AvgIpc) is 2.62. The molecule has 0 radical (unpaired) electrons. The number of hydrogen-bond acceptors (Lipinski definition) is 1. The Morgan fingerprint density at radius 2 is 1.46 bits per heavy atom. The minimum absolute atomic E-state index is 0.674. The molecule has 0 spiro atoms. The van der Waals surface area contributed by atoms with Gasteiger partial charge in [-0.25, -0.2) is 0 Å². The topological polar surface area (TPSA) is 9.23 Å². The van der Waals surface area contributed by atoms with Crippen LogP contribution in [0.2, 0.25) is 16.6 Å². The highest BCUT2D eigenvalue weighted by Gasteiger charge is 2.48. The van der Waals surface area contributed by atoms with Crippen molar-refractivity contribution < 1.29 is 4.43 Å². The van der Waals surface area contributed by atoms with E-state index in [2.05, 4.69) is 78.8 Å². The van der Waals surface area contributed by atoms with Crippen molar-refractivity contribution in [2.45, 2.75) is 110 Å². The molecular formula is C26H46OSi. The van der Waals surface area contributed by atoms with Gasteiger partial charge in [-0.2, -0.15) is 0 Å². The molecule has 0 bridgehead atoms. The molecule has 1 nitrogen and oxygen atoms in total. The third-order valence-corrected chi connectivity index (χ3v) is 13.6. The fraction of sp³-hybridized carbons (Fsp3) is 0.769. The van der Waals surface area contributed by atoms with E-state index >= 15 is 0 Å². The van der Waals surface area contributed by atoms with Crippen molar-refractivity contribution >= 4 is 8.32 Å². The minimum atomic E-state index is -1.76. The highest BCUT2D eigenvalue weighted by Crippen LogP contribution is 2.51. The number of benzene rings is 1. The van der Waals surface area contributed by atoms with Crippen LogP contribution in [0.3, 0.4) is 0 Å². The Labute approximate surface area is 176 Å². The van der Waals surface area contributed by atoms with Gasteiger partial charge in [-0.3, -0.25) is 0 Å². The van der Waals surface area contributed by atoms with E-state index in [1.807, 2.05) is 0 Å². The molecule has 1 fully saturated rings. The molecule has 1 aliphatic carbocycles. The lowest BCUT2D eigenvalue weighted by Crippen LogP contribution is -2.50. The second kappa shape index (κ2) is 11.0. The van der Waals surface area contributed by atoms with Gasteiger partial charge < -0.3 is 4.43 Å². The van der Waals surface area contributed by atoms with Crippen LogP contribution in [0.5, 0.6) is 0 Å². The Morgan fingerprint density at radius 1 is 0.857 bits per heavy atom. The highest BCUT2D eigenvalue weighted by molar-refractivity contribution is 6.77. The van der Waals surface area contributed by atoms with Crippen molar-refractivity contribution in [2.24, 2.45) is 11.8 Å². The molecule has 0 amide bonds. The molecule has 3 atom stereocenters. The summed E-state index contributed by atoms with van der Waals surface area (Å²) in [5, 5.41) is 0. The maximum atomic E-state index is 7.00. The molecule has 2 rings (SSSR count). The van der Waals surface area contributed by atoms with Crippen molar-refractivity contribution in [3.63, 3.8) is 0 Å². The molecule has 1 aromatic carbocycles. The van der Waals surface area contributed by atoms with Crippen LogP contribution >= 0.6 is 0 Å². The fourth-order valence-corrected chi connectivity index (χ4v) is 11.6. The van der Waals surface area contributed by atoms with Gasteiger partial charge in [-0.1, -0.05) is 104 Å². The predicted molar refractivity (Wildman–Crippen MR) is 127 cm³/mol. The molecule has 0 saturated heterocycles. The molecule has 1 aliphatic rings. The smallest absolute Gasteiger partial charge is 0.200 e. The van der Waals surface area contributed by atoms with Crippen molar-refractivity contribution in [3.8, 4) is 0 Å². The van der Waals surface area contributed by atoms with E-state index in [4.69, 9.17) is 4.43 Å². The van der Waals surface area contributed by atoms with E-state index in [9.17, 15) is 0 Å². The van der Waals surface area contributed by atoms with E-state index < -0.39 is 8.32 Å². The lowest BCUT2D eigenvalue weighted by molar-refractivity contribution is 0.0686. The minimum Gasteiger partial charge on any atom is -0.416 e. The zero-order valence-corrected chi connectivity index (χ0v) is 20.7. The van der Waals surface area contributed by atoms with Gasteiger partial charge in [-0.05, 0) is 52.8 Å². The zero-order valence-electron chi connectivity index (χ0n) is 19.7. The zero-order chi connectivity index (χ0) is 20.7. The summed E-state index contributed by atoms with van der Waals surface area (Å²) in [6.07, 6.45) is 8.29. The van der Waals surface area contributed by atoms with Gasteiger partial charge in [-0.15, -0.1) is 0 Å². The molecule has 1 saturated carbocycles. The summed E-state index contributed by atoms with van der Waals surface area (Å²) in [6.45, 7) is 17.7. The molecule has 0 unspecified atom stereocenters. The van der Waals surface area contributed by atoms with Gasteiger partial charge in [0, 0.05) is 6.61 Å². The van der Waals surface area contributed by atoms with Crippen molar-refractivity contribution in [3.05, 3.63) is 35.9 Å². The van der Waals surface area contributed by atoms with Crippen molar-refractivity contribution in [1.82, 2.24) is 0 Å². The number of rotatable bonds is 12. The van der Waals surface area contributed by atoms with Gasteiger partial charge in [0.1, 0.15) is 0 Å². The van der Waals surface area contributed by atoms with Gasteiger partial charge in [0.2, 0.25) is 0 Å².